The van der Waals surface area contributed by atoms with Gasteiger partial charge < -0.3 is 9.42 Å². The van der Waals surface area contributed by atoms with Crippen molar-refractivity contribution in [2.24, 2.45) is 0 Å². The van der Waals surface area contributed by atoms with Gasteiger partial charge >= 0.3 is 0 Å². The van der Waals surface area contributed by atoms with Crippen molar-refractivity contribution in [1.29, 1.82) is 5.26 Å². The highest BCUT2D eigenvalue weighted by atomic mass is 32.1. The quantitative estimate of drug-likeness (QED) is 0.811. The molecule has 0 aliphatic heterocycles. The number of hydrogen-bond acceptors (Lipinski definition) is 6. The van der Waals surface area contributed by atoms with Gasteiger partial charge in [0.05, 0.1) is 4.88 Å². The van der Waals surface area contributed by atoms with Gasteiger partial charge in [-0.05, 0) is 25.2 Å². The SMILES string of the molecule is CCN(CC)CCc1noc(-c2ccc(C#N)s2)n1. The molecule has 0 aromatic carbocycles. The van der Waals surface area contributed by atoms with E-state index in [0.717, 1.165) is 30.9 Å². The lowest BCUT2D eigenvalue weighted by Gasteiger charge is -2.16. The van der Waals surface area contributed by atoms with Gasteiger partial charge in [-0.2, -0.15) is 10.2 Å². The molecule has 0 spiro atoms. The van der Waals surface area contributed by atoms with E-state index in [1.54, 1.807) is 6.07 Å². The molecule has 6 heteroatoms. The van der Waals surface area contributed by atoms with Crippen LogP contribution in [0.1, 0.15) is 24.5 Å². The lowest BCUT2D eigenvalue weighted by molar-refractivity contribution is 0.303. The minimum Gasteiger partial charge on any atom is -0.333 e. The van der Waals surface area contributed by atoms with E-state index in [2.05, 4.69) is 35.0 Å². The zero-order chi connectivity index (χ0) is 13.7. The molecule has 0 radical (unpaired) electrons. The maximum Gasteiger partial charge on any atom is 0.268 e. The minimum absolute atomic E-state index is 0.501. The van der Waals surface area contributed by atoms with Crippen LogP contribution >= 0.6 is 11.3 Å². The predicted octanol–water partition coefficient (Wildman–Crippen LogP) is 2.55. The van der Waals surface area contributed by atoms with Gasteiger partial charge in [0.2, 0.25) is 0 Å². The molecule has 0 saturated carbocycles. The van der Waals surface area contributed by atoms with Crippen molar-refractivity contribution in [1.82, 2.24) is 15.0 Å². The summed E-state index contributed by atoms with van der Waals surface area (Å²) in [5, 5.41) is 12.8. The summed E-state index contributed by atoms with van der Waals surface area (Å²) in [6.07, 6.45) is 0.779. The number of aromatic nitrogens is 2. The van der Waals surface area contributed by atoms with Gasteiger partial charge in [-0.25, -0.2) is 0 Å². The highest BCUT2D eigenvalue weighted by Gasteiger charge is 2.12. The molecule has 0 amide bonds. The summed E-state index contributed by atoms with van der Waals surface area (Å²) in [5.41, 5.74) is 0. The monoisotopic (exact) mass is 276 g/mol. The van der Waals surface area contributed by atoms with Gasteiger partial charge in [0.15, 0.2) is 5.82 Å². The van der Waals surface area contributed by atoms with Crippen LogP contribution in [-0.2, 0) is 6.42 Å². The van der Waals surface area contributed by atoms with Crippen molar-refractivity contribution in [3.8, 4) is 16.8 Å². The van der Waals surface area contributed by atoms with Crippen molar-refractivity contribution >= 4 is 11.3 Å². The van der Waals surface area contributed by atoms with Crippen LogP contribution in [0.25, 0.3) is 10.8 Å². The van der Waals surface area contributed by atoms with E-state index in [-0.39, 0.29) is 0 Å². The zero-order valence-corrected chi connectivity index (χ0v) is 11.9. The van der Waals surface area contributed by atoms with Crippen LogP contribution in [0.2, 0.25) is 0 Å². The van der Waals surface area contributed by atoms with Gasteiger partial charge in [-0.15, -0.1) is 11.3 Å². The summed E-state index contributed by atoms with van der Waals surface area (Å²) in [4.78, 5) is 8.18. The Bertz CT molecular complexity index is 565. The Morgan fingerprint density at radius 3 is 2.79 bits per heavy atom. The maximum atomic E-state index is 8.79. The molecular formula is C13H16N4OS. The van der Waals surface area contributed by atoms with Crippen molar-refractivity contribution in [2.75, 3.05) is 19.6 Å². The van der Waals surface area contributed by atoms with Crippen LogP contribution in [0, 0.1) is 11.3 Å². The molecule has 0 atom stereocenters. The molecule has 100 valence electrons. The molecule has 0 N–H and O–H groups in total. The van der Waals surface area contributed by atoms with Crippen molar-refractivity contribution in [3.63, 3.8) is 0 Å². The Kier molecular flexibility index (Phi) is 4.66. The molecule has 0 saturated heterocycles. The molecular weight excluding hydrogens is 260 g/mol. The van der Waals surface area contributed by atoms with Crippen LogP contribution in [0.3, 0.4) is 0 Å². The molecule has 2 aromatic rings. The first-order valence-electron chi connectivity index (χ1n) is 6.32. The number of likely N-dealkylation sites (N-methyl/N-ethyl adjacent to an activating group) is 1. The average molecular weight is 276 g/mol. The second kappa shape index (κ2) is 6.45. The summed E-state index contributed by atoms with van der Waals surface area (Å²) < 4.78 is 5.23. The number of nitrogens with zero attached hydrogens (tertiary/aromatic N) is 4. The Morgan fingerprint density at radius 1 is 1.37 bits per heavy atom. The highest BCUT2D eigenvalue weighted by molar-refractivity contribution is 7.15. The fourth-order valence-electron chi connectivity index (χ4n) is 1.77. The molecule has 2 aromatic heterocycles. The fraction of sp³-hybridized carbons (Fsp3) is 0.462. The fourth-order valence-corrected chi connectivity index (χ4v) is 2.49. The third-order valence-corrected chi connectivity index (χ3v) is 3.92. The molecule has 5 nitrogen and oxygen atoms in total. The van der Waals surface area contributed by atoms with Crippen LogP contribution in [0.4, 0.5) is 0 Å². The zero-order valence-electron chi connectivity index (χ0n) is 11.1. The Morgan fingerprint density at radius 2 is 2.16 bits per heavy atom. The van der Waals surface area contributed by atoms with E-state index >= 15 is 0 Å². The minimum atomic E-state index is 0.501. The molecule has 19 heavy (non-hydrogen) atoms. The molecule has 0 aliphatic carbocycles. The van der Waals surface area contributed by atoms with Gasteiger partial charge in [0.1, 0.15) is 10.9 Å². The third-order valence-electron chi connectivity index (χ3n) is 2.94. The van der Waals surface area contributed by atoms with Crippen LogP contribution < -0.4 is 0 Å². The van der Waals surface area contributed by atoms with E-state index in [4.69, 9.17) is 9.78 Å². The lowest BCUT2D eigenvalue weighted by Crippen LogP contribution is -2.25. The number of hydrogen-bond donors (Lipinski definition) is 0. The molecule has 0 fully saturated rings. The van der Waals surface area contributed by atoms with E-state index in [0.29, 0.717) is 16.6 Å². The first kappa shape index (κ1) is 13.7. The highest BCUT2D eigenvalue weighted by Crippen LogP contribution is 2.26. The summed E-state index contributed by atoms with van der Waals surface area (Å²) in [7, 11) is 0. The summed E-state index contributed by atoms with van der Waals surface area (Å²) in [5.74, 6) is 1.22. The van der Waals surface area contributed by atoms with Gasteiger partial charge in [-0.1, -0.05) is 19.0 Å². The molecule has 0 bridgehead atoms. The van der Waals surface area contributed by atoms with Crippen LogP contribution in [0.15, 0.2) is 16.7 Å². The maximum absolute atomic E-state index is 8.79. The number of nitriles is 1. The molecule has 2 heterocycles. The van der Waals surface area contributed by atoms with E-state index in [9.17, 15) is 0 Å². The Labute approximate surface area is 116 Å². The van der Waals surface area contributed by atoms with Crippen LogP contribution in [-0.4, -0.2) is 34.7 Å². The van der Waals surface area contributed by atoms with Crippen LogP contribution in [0.5, 0.6) is 0 Å². The lowest BCUT2D eigenvalue weighted by atomic mass is 10.3. The summed E-state index contributed by atoms with van der Waals surface area (Å²) >= 11 is 1.36. The normalized spacial score (nSPS) is 10.8. The largest absolute Gasteiger partial charge is 0.333 e. The topological polar surface area (TPSA) is 66.0 Å². The number of rotatable bonds is 6. The third kappa shape index (κ3) is 3.40. The first-order valence-corrected chi connectivity index (χ1v) is 7.13. The number of thiophene rings is 1. The standard InChI is InChI=1S/C13H16N4OS/c1-3-17(4-2)8-7-12-15-13(18-16-12)11-6-5-10(9-14)19-11/h5-6H,3-4,7-8H2,1-2H3. The summed E-state index contributed by atoms with van der Waals surface area (Å²) in [6, 6.07) is 5.70. The molecule has 2 rings (SSSR count). The van der Waals surface area contributed by atoms with E-state index < -0.39 is 0 Å². The van der Waals surface area contributed by atoms with Crippen molar-refractivity contribution in [2.45, 2.75) is 20.3 Å². The van der Waals surface area contributed by atoms with Gasteiger partial charge in [-0.3, -0.25) is 0 Å². The first-order chi connectivity index (χ1) is 9.26. The van der Waals surface area contributed by atoms with Crippen molar-refractivity contribution in [3.05, 3.63) is 22.8 Å². The van der Waals surface area contributed by atoms with Gasteiger partial charge in [0, 0.05) is 13.0 Å². The second-order valence-corrected chi connectivity index (χ2v) is 5.15. The Hall–Kier alpha value is -1.71. The van der Waals surface area contributed by atoms with Crippen molar-refractivity contribution < 1.29 is 4.52 Å². The smallest absolute Gasteiger partial charge is 0.268 e. The van der Waals surface area contributed by atoms with Gasteiger partial charge in [0.25, 0.3) is 5.89 Å². The predicted molar refractivity (Wildman–Crippen MR) is 73.8 cm³/mol. The average Bonchev–Trinajstić information content (AvgIpc) is 3.08. The molecule has 0 aliphatic rings. The second-order valence-electron chi connectivity index (χ2n) is 4.07. The Balaban J connectivity index is 2.01. The van der Waals surface area contributed by atoms with E-state index in [1.165, 1.54) is 11.3 Å². The summed E-state index contributed by atoms with van der Waals surface area (Å²) in [6.45, 7) is 7.26. The molecule has 0 unspecified atom stereocenters. The van der Waals surface area contributed by atoms with E-state index in [1.807, 2.05) is 6.07 Å².